The zero-order chi connectivity index (χ0) is 12.1. The van der Waals surface area contributed by atoms with Gasteiger partial charge in [-0.25, -0.2) is 0 Å². The average Bonchev–Trinajstić information content (AvgIpc) is 2.83. The molecule has 0 radical (unpaired) electrons. The Morgan fingerprint density at radius 3 is 2.88 bits per heavy atom. The molecule has 17 heavy (non-hydrogen) atoms. The Kier molecular flexibility index (Phi) is 3.93. The van der Waals surface area contributed by atoms with E-state index in [1.807, 2.05) is 11.2 Å². The number of hydrogen-bond acceptors (Lipinski definition) is 4. The first-order chi connectivity index (χ1) is 8.33. The van der Waals surface area contributed by atoms with Crippen LogP contribution < -0.4 is 5.43 Å². The van der Waals surface area contributed by atoms with Crippen molar-refractivity contribution in [2.75, 3.05) is 26.4 Å². The zero-order valence-electron chi connectivity index (χ0n) is 9.85. The lowest BCUT2D eigenvalue weighted by molar-refractivity contribution is 0.0780. The van der Waals surface area contributed by atoms with E-state index in [4.69, 9.17) is 17.6 Å². The Labute approximate surface area is 103 Å². The van der Waals surface area contributed by atoms with E-state index in [1.54, 1.807) is 0 Å². The number of hydrazine groups is 1. The molecule has 1 atom stereocenters. The van der Waals surface area contributed by atoms with Gasteiger partial charge in [0, 0.05) is 12.8 Å². The summed E-state index contributed by atoms with van der Waals surface area (Å²) in [5.74, 6) is 5.27. The number of rotatable bonds is 3. The molecule has 0 amide bonds. The second kappa shape index (κ2) is 5.63. The molecule has 0 spiro atoms. The normalized spacial score (nSPS) is 24.7. The minimum absolute atomic E-state index is 0.149. The molecule has 0 aromatic heterocycles. The molecule has 90 valence electrons. The highest BCUT2D eigenvalue weighted by atomic mass is 16.5. The van der Waals surface area contributed by atoms with Crippen molar-refractivity contribution in [1.82, 2.24) is 15.3 Å². The minimum Gasteiger partial charge on any atom is -0.372 e. The van der Waals surface area contributed by atoms with Crippen molar-refractivity contribution >= 4 is 0 Å². The smallest absolute Gasteiger partial charge is 0.0998 e. The van der Waals surface area contributed by atoms with Gasteiger partial charge in [0.05, 0.1) is 31.6 Å². The quantitative estimate of drug-likeness (QED) is 0.710. The minimum atomic E-state index is 0.149. The standard InChI is InChI=1S/C13H17N3O/c1-3-7-15-10-12(13-6-5-9-17-13)14-16(11-15)8-4-2/h1-2,10,13-14H,5-9,11H2. The van der Waals surface area contributed by atoms with Crippen LogP contribution in [-0.2, 0) is 4.74 Å². The Bertz CT molecular complexity index is 371. The summed E-state index contributed by atoms with van der Waals surface area (Å²) in [6.45, 7) is 2.66. The second-order valence-electron chi connectivity index (χ2n) is 4.19. The third kappa shape index (κ3) is 2.94. The fourth-order valence-corrected chi connectivity index (χ4v) is 2.09. The van der Waals surface area contributed by atoms with Gasteiger partial charge < -0.3 is 15.1 Å². The highest BCUT2D eigenvalue weighted by Gasteiger charge is 2.25. The lowest BCUT2D eigenvalue weighted by atomic mass is 10.2. The van der Waals surface area contributed by atoms with Crippen molar-refractivity contribution in [1.29, 1.82) is 0 Å². The van der Waals surface area contributed by atoms with Crippen LogP contribution in [0.1, 0.15) is 12.8 Å². The monoisotopic (exact) mass is 231 g/mol. The zero-order valence-corrected chi connectivity index (χ0v) is 9.85. The van der Waals surface area contributed by atoms with Crippen LogP contribution >= 0.6 is 0 Å². The second-order valence-corrected chi connectivity index (χ2v) is 4.19. The highest BCUT2D eigenvalue weighted by Crippen LogP contribution is 2.20. The third-order valence-corrected chi connectivity index (χ3v) is 2.81. The number of ether oxygens (including phenoxy) is 1. The van der Waals surface area contributed by atoms with Gasteiger partial charge in [0.25, 0.3) is 0 Å². The maximum Gasteiger partial charge on any atom is 0.0998 e. The van der Waals surface area contributed by atoms with Crippen molar-refractivity contribution < 1.29 is 4.74 Å². The molecule has 1 saturated heterocycles. The summed E-state index contributed by atoms with van der Waals surface area (Å²) >= 11 is 0. The molecule has 1 N–H and O–H groups in total. The molecular weight excluding hydrogens is 214 g/mol. The van der Waals surface area contributed by atoms with Gasteiger partial charge in [0.15, 0.2) is 0 Å². The van der Waals surface area contributed by atoms with Gasteiger partial charge in [-0.3, -0.25) is 0 Å². The predicted octanol–water partition coefficient (Wildman–Crippen LogP) is 0.353. The van der Waals surface area contributed by atoms with Crippen LogP contribution in [0.2, 0.25) is 0 Å². The molecule has 0 aromatic carbocycles. The largest absolute Gasteiger partial charge is 0.372 e. The lowest BCUT2D eigenvalue weighted by Gasteiger charge is -2.36. The summed E-state index contributed by atoms with van der Waals surface area (Å²) in [6, 6.07) is 0. The summed E-state index contributed by atoms with van der Waals surface area (Å²) in [5.41, 5.74) is 4.36. The molecule has 0 aromatic rings. The molecule has 2 heterocycles. The third-order valence-electron chi connectivity index (χ3n) is 2.81. The van der Waals surface area contributed by atoms with E-state index in [1.165, 1.54) is 0 Å². The van der Waals surface area contributed by atoms with Crippen molar-refractivity contribution in [2.24, 2.45) is 0 Å². The van der Waals surface area contributed by atoms with Crippen molar-refractivity contribution in [3.63, 3.8) is 0 Å². The average molecular weight is 231 g/mol. The fourth-order valence-electron chi connectivity index (χ4n) is 2.09. The Balaban J connectivity index is 2.06. The van der Waals surface area contributed by atoms with Gasteiger partial charge >= 0.3 is 0 Å². The van der Waals surface area contributed by atoms with Gasteiger partial charge in [0.1, 0.15) is 0 Å². The van der Waals surface area contributed by atoms with E-state index in [0.717, 1.165) is 25.1 Å². The summed E-state index contributed by atoms with van der Waals surface area (Å²) in [4.78, 5) is 2.06. The first-order valence-electron chi connectivity index (χ1n) is 5.79. The van der Waals surface area contributed by atoms with E-state index in [0.29, 0.717) is 19.8 Å². The van der Waals surface area contributed by atoms with Gasteiger partial charge in [-0.2, -0.15) is 5.01 Å². The first kappa shape index (κ1) is 11.9. The summed E-state index contributed by atoms with van der Waals surface area (Å²) in [7, 11) is 0. The number of terminal acetylenes is 2. The number of nitrogens with zero attached hydrogens (tertiary/aromatic N) is 2. The molecule has 4 nitrogen and oxygen atoms in total. The summed E-state index contributed by atoms with van der Waals surface area (Å²) < 4.78 is 5.66. The van der Waals surface area contributed by atoms with Crippen molar-refractivity contribution in [3.8, 4) is 24.7 Å². The van der Waals surface area contributed by atoms with Gasteiger partial charge in [-0.15, -0.1) is 12.8 Å². The van der Waals surface area contributed by atoms with Crippen LogP contribution in [-0.4, -0.2) is 42.4 Å². The van der Waals surface area contributed by atoms with Crippen molar-refractivity contribution in [3.05, 3.63) is 11.9 Å². The van der Waals surface area contributed by atoms with Crippen LogP contribution in [0.15, 0.2) is 11.9 Å². The van der Waals surface area contributed by atoms with E-state index in [9.17, 15) is 0 Å². The molecule has 2 rings (SSSR count). The fraction of sp³-hybridized carbons (Fsp3) is 0.538. The van der Waals surface area contributed by atoms with Crippen LogP contribution in [0, 0.1) is 24.7 Å². The molecule has 2 aliphatic rings. The van der Waals surface area contributed by atoms with E-state index in [2.05, 4.69) is 22.2 Å². The Morgan fingerprint density at radius 2 is 2.24 bits per heavy atom. The maximum atomic E-state index is 5.66. The summed E-state index contributed by atoms with van der Waals surface area (Å²) in [6.07, 6.45) is 15.0. The first-order valence-corrected chi connectivity index (χ1v) is 5.79. The molecule has 2 aliphatic heterocycles. The van der Waals surface area contributed by atoms with E-state index in [-0.39, 0.29) is 6.10 Å². The molecule has 4 heteroatoms. The Hall–Kier alpha value is -1.62. The van der Waals surface area contributed by atoms with Crippen LogP contribution in [0.5, 0.6) is 0 Å². The summed E-state index contributed by atoms with van der Waals surface area (Å²) in [5, 5.41) is 1.97. The number of hydrogen-bond donors (Lipinski definition) is 1. The van der Waals surface area contributed by atoms with Crippen LogP contribution in [0.4, 0.5) is 0 Å². The molecule has 0 bridgehead atoms. The van der Waals surface area contributed by atoms with Gasteiger partial charge in [0.2, 0.25) is 0 Å². The molecular formula is C13H17N3O. The topological polar surface area (TPSA) is 27.7 Å². The van der Waals surface area contributed by atoms with Crippen LogP contribution in [0.25, 0.3) is 0 Å². The van der Waals surface area contributed by atoms with Crippen LogP contribution in [0.3, 0.4) is 0 Å². The van der Waals surface area contributed by atoms with Crippen molar-refractivity contribution in [2.45, 2.75) is 18.9 Å². The van der Waals surface area contributed by atoms with Gasteiger partial charge in [-0.1, -0.05) is 11.8 Å². The lowest BCUT2D eigenvalue weighted by Crippen LogP contribution is -2.50. The predicted molar refractivity (Wildman–Crippen MR) is 66.1 cm³/mol. The molecule has 0 saturated carbocycles. The highest BCUT2D eigenvalue weighted by molar-refractivity contribution is 5.11. The molecule has 1 unspecified atom stereocenters. The van der Waals surface area contributed by atoms with E-state index < -0.39 is 0 Å². The Morgan fingerprint density at radius 1 is 1.41 bits per heavy atom. The molecule has 1 fully saturated rings. The SMILES string of the molecule is C#CCN1C=C(C2CCCO2)NN(CC#C)C1. The van der Waals surface area contributed by atoms with Gasteiger partial charge in [-0.05, 0) is 12.8 Å². The molecule has 0 aliphatic carbocycles. The number of nitrogens with one attached hydrogen (secondary N) is 1. The van der Waals surface area contributed by atoms with E-state index >= 15 is 0 Å². The maximum absolute atomic E-state index is 5.66.